The lowest BCUT2D eigenvalue weighted by molar-refractivity contribution is -0.137. The molecule has 0 aliphatic carbocycles. The van der Waals surface area contributed by atoms with E-state index >= 15 is 0 Å². The maximum atomic E-state index is 12.4. The summed E-state index contributed by atoms with van der Waals surface area (Å²) >= 11 is 1.52. The van der Waals surface area contributed by atoms with Crippen molar-refractivity contribution in [1.29, 1.82) is 0 Å². The van der Waals surface area contributed by atoms with E-state index in [1.807, 2.05) is 12.3 Å². The van der Waals surface area contributed by atoms with E-state index in [0.29, 0.717) is 12.0 Å². The molecule has 0 atom stereocenters. The van der Waals surface area contributed by atoms with Crippen LogP contribution in [0, 0.1) is 6.92 Å². The molecule has 4 nitrogen and oxygen atoms in total. The highest BCUT2D eigenvalue weighted by molar-refractivity contribution is 7.09. The Morgan fingerprint density at radius 1 is 1.32 bits per heavy atom. The number of amidine groups is 1. The zero-order valence-electron chi connectivity index (χ0n) is 11.7. The SMILES string of the molecule is Cc1nc(CC(N)=NOCc2ccc(C(F)(F)F)cc2)cs1. The molecular weight excluding hydrogens is 315 g/mol. The molecule has 0 aliphatic rings. The number of aryl methyl sites for hydroxylation is 1. The van der Waals surface area contributed by atoms with Crippen molar-refractivity contribution in [1.82, 2.24) is 4.98 Å². The van der Waals surface area contributed by atoms with E-state index < -0.39 is 11.7 Å². The van der Waals surface area contributed by atoms with Crippen LogP contribution in [0.1, 0.15) is 21.8 Å². The minimum atomic E-state index is -4.34. The highest BCUT2D eigenvalue weighted by Crippen LogP contribution is 2.29. The predicted molar refractivity (Wildman–Crippen MR) is 78.4 cm³/mol. The van der Waals surface area contributed by atoms with E-state index in [1.165, 1.54) is 23.5 Å². The molecule has 0 spiro atoms. The average molecular weight is 329 g/mol. The van der Waals surface area contributed by atoms with E-state index in [0.717, 1.165) is 22.8 Å². The largest absolute Gasteiger partial charge is 0.416 e. The Hall–Kier alpha value is -2.09. The molecule has 0 amide bonds. The van der Waals surface area contributed by atoms with Crippen LogP contribution in [0.25, 0.3) is 0 Å². The van der Waals surface area contributed by atoms with Crippen LogP contribution in [0.3, 0.4) is 0 Å². The van der Waals surface area contributed by atoms with Gasteiger partial charge in [-0.3, -0.25) is 0 Å². The lowest BCUT2D eigenvalue weighted by Gasteiger charge is -2.07. The van der Waals surface area contributed by atoms with Crippen molar-refractivity contribution in [2.24, 2.45) is 10.9 Å². The van der Waals surface area contributed by atoms with Crippen molar-refractivity contribution in [3.05, 3.63) is 51.5 Å². The third kappa shape index (κ3) is 4.73. The molecular formula is C14H14F3N3OS. The Labute approximate surface area is 129 Å². The number of hydrogen-bond acceptors (Lipinski definition) is 4. The Morgan fingerprint density at radius 2 is 2.00 bits per heavy atom. The minimum absolute atomic E-state index is 0.0505. The molecule has 0 fully saturated rings. The molecule has 8 heteroatoms. The molecule has 1 heterocycles. The second-order valence-corrected chi connectivity index (χ2v) is 5.65. The summed E-state index contributed by atoms with van der Waals surface area (Å²) in [5, 5.41) is 6.55. The van der Waals surface area contributed by atoms with Gasteiger partial charge < -0.3 is 10.6 Å². The second kappa shape index (κ2) is 6.78. The number of nitrogens with two attached hydrogens (primary N) is 1. The van der Waals surface area contributed by atoms with Crippen LogP contribution in [0.15, 0.2) is 34.8 Å². The van der Waals surface area contributed by atoms with Gasteiger partial charge in [0.2, 0.25) is 0 Å². The first-order valence-corrected chi connectivity index (χ1v) is 7.24. The molecule has 1 aromatic carbocycles. The summed E-state index contributed by atoms with van der Waals surface area (Å²) < 4.78 is 37.2. The quantitative estimate of drug-likeness (QED) is 0.519. The molecule has 0 saturated carbocycles. The summed E-state index contributed by atoms with van der Waals surface area (Å²) in [5.41, 5.74) is 6.39. The Bertz CT molecular complexity index is 650. The first-order chi connectivity index (χ1) is 10.3. The van der Waals surface area contributed by atoms with Crippen LogP contribution < -0.4 is 5.73 Å². The lowest BCUT2D eigenvalue weighted by Crippen LogP contribution is -2.15. The molecule has 2 aromatic rings. The fraction of sp³-hybridized carbons (Fsp3) is 0.286. The van der Waals surface area contributed by atoms with Crippen molar-refractivity contribution in [3.8, 4) is 0 Å². The third-order valence-corrected chi connectivity index (χ3v) is 3.55. The molecule has 118 valence electrons. The highest BCUT2D eigenvalue weighted by Gasteiger charge is 2.29. The van der Waals surface area contributed by atoms with Gasteiger partial charge >= 0.3 is 6.18 Å². The second-order valence-electron chi connectivity index (χ2n) is 4.59. The van der Waals surface area contributed by atoms with E-state index in [-0.39, 0.29) is 12.4 Å². The topological polar surface area (TPSA) is 60.5 Å². The maximum Gasteiger partial charge on any atom is 0.416 e. The van der Waals surface area contributed by atoms with E-state index in [1.54, 1.807) is 0 Å². The molecule has 0 aliphatic heterocycles. The number of hydrogen-bond donors (Lipinski definition) is 1. The van der Waals surface area contributed by atoms with Crippen molar-refractivity contribution >= 4 is 17.2 Å². The van der Waals surface area contributed by atoms with Gasteiger partial charge in [0.1, 0.15) is 12.4 Å². The number of alkyl halides is 3. The number of halogens is 3. The Kier molecular flexibility index (Phi) is 5.02. The highest BCUT2D eigenvalue weighted by atomic mass is 32.1. The zero-order valence-corrected chi connectivity index (χ0v) is 12.5. The fourth-order valence-corrected chi connectivity index (χ4v) is 2.30. The van der Waals surface area contributed by atoms with E-state index in [2.05, 4.69) is 10.1 Å². The van der Waals surface area contributed by atoms with Crippen molar-refractivity contribution < 1.29 is 18.0 Å². The molecule has 0 saturated heterocycles. The van der Waals surface area contributed by atoms with Crippen LogP contribution in [0.4, 0.5) is 13.2 Å². The first-order valence-electron chi connectivity index (χ1n) is 6.36. The van der Waals surface area contributed by atoms with Gasteiger partial charge in [0, 0.05) is 5.38 Å². The van der Waals surface area contributed by atoms with E-state index in [9.17, 15) is 13.2 Å². The van der Waals surface area contributed by atoms with Crippen LogP contribution in [-0.4, -0.2) is 10.8 Å². The Morgan fingerprint density at radius 3 is 2.55 bits per heavy atom. The summed E-state index contributed by atoms with van der Waals surface area (Å²) in [6.07, 6.45) is -3.97. The van der Waals surface area contributed by atoms with Gasteiger partial charge in [-0.25, -0.2) is 4.98 Å². The molecule has 2 N–H and O–H groups in total. The molecule has 0 unspecified atom stereocenters. The fourth-order valence-electron chi connectivity index (χ4n) is 1.69. The summed E-state index contributed by atoms with van der Waals surface area (Å²) in [4.78, 5) is 9.29. The smallest absolute Gasteiger partial charge is 0.390 e. The summed E-state index contributed by atoms with van der Waals surface area (Å²) in [6, 6.07) is 4.70. The zero-order chi connectivity index (χ0) is 16.2. The van der Waals surface area contributed by atoms with Gasteiger partial charge in [-0.1, -0.05) is 17.3 Å². The van der Waals surface area contributed by atoms with Gasteiger partial charge in [0.25, 0.3) is 0 Å². The number of aromatic nitrogens is 1. The van der Waals surface area contributed by atoms with Gasteiger partial charge in [-0.05, 0) is 24.6 Å². The summed E-state index contributed by atoms with van der Waals surface area (Å²) in [6.45, 7) is 1.94. The Balaban J connectivity index is 1.86. The van der Waals surface area contributed by atoms with Gasteiger partial charge in [-0.2, -0.15) is 13.2 Å². The van der Waals surface area contributed by atoms with E-state index in [4.69, 9.17) is 10.6 Å². The third-order valence-electron chi connectivity index (χ3n) is 2.72. The first kappa shape index (κ1) is 16.3. The number of benzene rings is 1. The monoisotopic (exact) mass is 329 g/mol. The average Bonchev–Trinajstić information content (AvgIpc) is 2.83. The minimum Gasteiger partial charge on any atom is -0.390 e. The number of oxime groups is 1. The number of thiazole rings is 1. The van der Waals surface area contributed by atoms with Gasteiger partial charge in [-0.15, -0.1) is 11.3 Å². The summed E-state index contributed by atoms with van der Waals surface area (Å²) in [7, 11) is 0. The summed E-state index contributed by atoms with van der Waals surface area (Å²) in [5.74, 6) is 0.261. The van der Waals surface area contributed by atoms with Crippen LogP contribution in [0.5, 0.6) is 0 Å². The van der Waals surface area contributed by atoms with Crippen molar-refractivity contribution in [2.75, 3.05) is 0 Å². The predicted octanol–water partition coefficient (Wildman–Crippen LogP) is 3.50. The number of nitrogens with zero attached hydrogens (tertiary/aromatic N) is 2. The normalized spacial score (nSPS) is 12.5. The molecule has 22 heavy (non-hydrogen) atoms. The van der Waals surface area contributed by atoms with Gasteiger partial charge in [0.05, 0.1) is 22.7 Å². The lowest BCUT2D eigenvalue weighted by atomic mass is 10.1. The van der Waals surface area contributed by atoms with Crippen LogP contribution >= 0.6 is 11.3 Å². The molecule has 2 rings (SSSR count). The molecule has 1 aromatic heterocycles. The molecule has 0 bridgehead atoms. The maximum absolute atomic E-state index is 12.4. The standard InChI is InChI=1S/C14H14F3N3OS/c1-9-19-12(8-22-9)6-13(18)20-21-7-10-2-4-11(5-3-10)14(15,16)17/h2-5,8H,6-7H2,1H3,(H2,18,20). The number of rotatable bonds is 5. The van der Waals surface area contributed by atoms with Crippen molar-refractivity contribution in [3.63, 3.8) is 0 Å². The van der Waals surface area contributed by atoms with Crippen molar-refractivity contribution in [2.45, 2.75) is 26.1 Å². The van der Waals surface area contributed by atoms with Crippen LogP contribution in [0.2, 0.25) is 0 Å². The van der Waals surface area contributed by atoms with Gasteiger partial charge in [0.15, 0.2) is 0 Å². The molecule has 0 radical (unpaired) electrons. The van der Waals surface area contributed by atoms with Crippen LogP contribution in [-0.2, 0) is 24.0 Å².